The van der Waals surface area contributed by atoms with Crippen molar-refractivity contribution >= 4 is 22.9 Å². The summed E-state index contributed by atoms with van der Waals surface area (Å²) in [6, 6.07) is 11.5. The molecular weight excluding hydrogens is 304 g/mol. The monoisotopic (exact) mass is 322 g/mol. The summed E-state index contributed by atoms with van der Waals surface area (Å²) in [6.45, 7) is 3.05. The van der Waals surface area contributed by atoms with Gasteiger partial charge in [-0.05, 0) is 24.3 Å². The number of aromatic nitrogens is 2. The molecule has 0 spiro atoms. The highest BCUT2D eigenvalue weighted by molar-refractivity contribution is 6.09. The SMILES string of the molecule is O=C(Nc1ccccc1N1CCOCC1)c1cccn2ccnc12. The van der Waals surface area contributed by atoms with Crippen LogP contribution in [0.15, 0.2) is 55.0 Å². The van der Waals surface area contributed by atoms with Crippen molar-refractivity contribution in [3.63, 3.8) is 0 Å². The number of amides is 1. The lowest BCUT2D eigenvalue weighted by atomic mass is 10.2. The molecule has 0 atom stereocenters. The topological polar surface area (TPSA) is 58.9 Å². The Hall–Kier alpha value is -2.86. The van der Waals surface area contributed by atoms with Gasteiger partial charge < -0.3 is 19.4 Å². The maximum absolute atomic E-state index is 12.8. The highest BCUT2D eigenvalue weighted by Crippen LogP contribution is 2.27. The van der Waals surface area contributed by atoms with E-state index in [1.807, 2.05) is 47.1 Å². The number of ether oxygens (including phenoxy) is 1. The van der Waals surface area contributed by atoms with Crippen molar-refractivity contribution in [1.29, 1.82) is 0 Å². The number of para-hydroxylation sites is 2. The zero-order chi connectivity index (χ0) is 16.4. The van der Waals surface area contributed by atoms with Gasteiger partial charge in [0.25, 0.3) is 5.91 Å². The molecule has 2 aromatic heterocycles. The van der Waals surface area contributed by atoms with Crippen molar-refractivity contribution in [1.82, 2.24) is 9.38 Å². The first-order valence-corrected chi connectivity index (χ1v) is 7.98. The molecule has 0 bridgehead atoms. The predicted octanol–water partition coefficient (Wildman–Crippen LogP) is 2.42. The van der Waals surface area contributed by atoms with Gasteiger partial charge in [-0.1, -0.05) is 12.1 Å². The molecular formula is C18H18N4O2. The van der Waals surface area contributed by atoms with Gasteiger partial charge in [-0.2, -0.15) is 0 Å². The van der Waals surface area contributed by atoms with Crippen LogP contribution >= 0.6 is 0 Å². The molecule has 1 aromatic carbocycles. The van der Waals surface area contributed by atoms with Crippen LogP contribution in [0.5, 0.6) is 0 Å². The number of nitrogens with zero attached hydrogens (tertiary/aromatic N) is 3. The molecule has 1 fully saturated rings. The van der Waals surface area contributed by atoms with Crippen LogP contribution < -0.4 is 10.2 Å². The van der Waals surface area contributed by atoms with Gasteiger partial charge in [-0.25, -0.2) is 4.98 Å². The molecule has 3 heterocycles. The summed E-state index contributed by atoms with van der Waals surface area (Å²) in [5.74, 6) is -0.160. The number of fused-ring (bicyclic) bond motifs is 1. The van der Waals surface area contributed by atoms with Crippen molar-refractivity contribution < 1.29 is 9.53 Å². The molecule has 0 aliphatic carbocycles. The summed E-state index contributed by atoms with van der Waals surface area (Å²) in [5, 5.41) is 3.03. The fourth-order valence-electron chi connectivity index (χ4n) is 2.97. The maximum Gasteiger partial charge on any atom is 0.259 e. The van der Waals surface area contributed by atoms with Crippen molar-refractivity contribution in [2.45, 2.75) is 0 Å². The standard InChI is InChI=1S/C18H18N4O2/c23-18(14-4-3-8-22-9-7-19-17(14)22)20-15-5-1-2-6-16(15)21-10-12-24-13-11-21/h1-9H,10-13H2,(H,20,23). The number of carbonyl (C=O) groups is 1. The summed E-state index contributed by atoms with van der Waals surface area (Å²) in [5.41, 5.74) is 3.03. The normalized spacial score (nSPS) is 14.8. The summed E-state index contributed by atoms with van der Waals surface area (Å²) in [6.07, 6.45) is 5.39. The third-order valence-corrected chi connectivity index (χ3v) is 4.17. The number of imidazole rings is 1. The Balaban J connectivity index is 1.63. The van der Waals surface area contributed by atoms with E-state index >= 15 is 0 Å². The highest BCUT2D eigenvalue weighted by atomic mass is 16.5. The van der Waals surface area contributed by atoms with E-state index in [-0.39, 0.29) is 5.91 Å². The number of anilines is 2. The minimum atomic E-state index is -0.160. The van der Waals surface area contributed by atoms with Crippen LogP contribution in [0.25, 0.3) is 5.65 Å². The lowest BCUT2D eigenvalue weighted by molar-refractivity contribution is 0.102. The van der Waals surface area contributed by atoms with E-state index in [2.05, 4.69) is 15.2 Å². The average Bonchev–Trinajstić information content (AvgIpc) is 3.11. The summed E-state index contributed by atoms with van der Waals surface area (Å²) in [7, 11) is 0. The van der Waals surface area contributed by atoms with Crippen LogP contribution in [0.4, 0.5) is 11.4 Å². The molecule has 6 heteroatoms. The molecule has 1 saturated heterocycles. The average molecular weight is 322 g/mol. The fourth-order valence-corrected chi connectivity index (χ4v) is 2.97. The molecule has 4 rings (SSSR count). The first-order chi connectivity index (χ1) is 11.8. The minimum absolute atomic E-state index is 0.160. The second-order valence-electron chi connectivity index (χ2n) is 5.65. The van der Waals surface area contributed by atoms with Crippen LogP contribution in [0, 0.1) is 0 Å². The van der Waals surface area contributed by atoms with E-state index in [0.717, 1.165) is 24.5 Å². The first-order valence-electron chi connectivity index (χ1n) is 7.98. The zero-order valence-corrected chi connectivity index (χ0v) is 13.2. The van der Waals surface area contributed by atoms with Crippen LogP contribution in [-0.4, -0.2) is 41.6 Å². The Morgan fingerprint density at radius 1 is 1.08 bits per heavy atom. The van der Waals surface area contributed by atoms with Gasteiger partial charge in [-0.15, -0.1) is 0 Å². The quantitative estimate of drug-likeness (QED) is 0.804. The lowest BCUT2D eigenvalue weighted by Crippen LogP contribution is -2.36. The molecule has 1 N–H and O–H groups in total. The highest BCUT2D eigenvalue weighted by Gasteiger charge is 2.17. The van der Waals surface area contributed by atoms with Gasteiger partial charge in [0, 0.05) is 31.7 Å². The number of rotatable bonds is 3. The van der Waals surface area contributed by atoms with Gasteiger partial charge in [0.15, 0.2) is 0 Å². The fraction of sp³-hybridized carbons (Fsp3) is 0.222. The first kappa shape index (κ1) is 14.7. The Kier molecular flexibility index (Phi) is 3.88. The maximum atomic E-state index is 12.8. The lowest BCUT2D eigenvalue weighted by Gasteiger charge is -2.30. The van der Waals surface area contributed by atoms with Gasteiger partial charge >= 0.3 is 0 Å². The molecule has 1 amide bonds. The summed E-state index contributed by atoms with van der Waals surface area (Å²) < 4.78 is 7.25. The largest absolute Gasteiger partial charge is 0.378 e. The Bertz CT molecular complexity index is 868. The third-order valence-electron chi connectivity index (χ3n) is 4.17. The molecule has 122 valence electrons. The van der Waals surface area contributed by atoms with Crippen molar-refractivity contribution in [3.8, 4) is 0 Å². The van der Waals surface area contributed by atoms with E-state index in [1.54, 1.807) is 12.3 Å². The zero-order valence-electron chi connectivity index (χ0n) is 13.2. The molecule has 3 aromatic rings. The molecule has 1 aliphatic rings. The molecule has 24 heavy (non-hydrogen) atoms. The number of hydrogen-bond acceptors (Lipinski definition) is 4. The van der Waals surface area contributed by atoms with Gasteiger partial charge in [0.2, 0.25) is 0 Å². The molecule has 0 radical (unpaired) electrons. The van der Waals surface area contributed by atoms with Gasteiger partial charge in [0.1, 0.15) is 5.65 Å². The minimum Gasteiger partial charge on any atom is -0.378 e. The number of benzene rings is 1. The van der Waals surface area contributed by atoms with Crippen molar-refractivity contribution in [2.24, 2.45) is 0 Å². The Morgan fingerprint density at radius 2 is 1.92 bits per heavy atom. The van der Waals surface area contributed by atoms with E-state index in [4.69, 9.17) is 4.74 Å². The predicted molar refractivity (Wildman–Crippen MR) is 92.6 cm³/mol. The van der Waals surface area contributed by atoms with Crippen LogP contribution in [-0.2, 0) is 4.74 Å². The van der Waals surface area contributed by atoms with Crippen molar-refractivity contribution in [2.75, 3.05) is 36.5 Å². The molecule has 0 saturated carbocycles. The Morgan fingerprint density at radius 3 is 2.79 bits per heavy atom. The number of pyridine rings is 1. The van der Waals surface area contributed by atoms with E-state index in [9.17, 15) is 4.79 Å². The summed E-state index contributed by atoms with van der Waals surface area (Å²) in [4.78, 5) is 19.3. The number of morpholine rings is 1. The van der Waals surface area contributed by atoms with Gasteiger partial charge in [0.05, 0.1) is 30.2 Å². The Labute approximate surface area is 139 Å². The van der Waals surface area contributed by atoms with E-state index in [1.165, 1.54) is 0 Å². The van der Waals surface area contributed by atoms with Crippen LogP contribution in [0.2, 0.25) is 0 Å². The molecule has 0 unspecified atom stereocenters. The molecule has 6 nitrogen and oxygen atoms in total. The van der Waals surface area contributed by atoms with E-state index < -0.39 is 0 Å². The third kappa shape index (κ3) is 2.72. The summed E-state index contributed by atoms with van der Waals surface area (Å²) >= 11 is 0. The van der Waals surface area contributed by atoms with E-state index in [0.29, 0.717) is 24.4 Å². The van der Waals surface area contributed by atoms with Crippen LogP contribution in [0.3, 0.4) is 0 Å². The van der Waals surface area contributed by atoms with Crippen LogP contribution in [0.1, 0.15) is 10.4 Å². The van der Waals surface area contributed by atoms with Gasteiger partial charge in [-0.3, -0.25) is 4.79 Å². The molecule has 1 aliphatic heterocycles. The number of carbonyl (C=O) groups excluding carboxylic acids is 1. The second-order valence-corrected chi connectivity index (χ2v) is 5.65. The second kappa shape index (κ2) is 6.33. The smallest absolute Gasteiger partial charge is 0.259 e. The number of hydrogen-bond donors (Lipinski definition) is 1. The van der Waals surface area contributed by atoms with Crippen molar-refractivity contribution in [3.05, 3.63) is 60.6 Å². The number of nitrogens with one attached hydrogen (secondary N) is 1.